The first-order chi connectivity index (χ1) is 8.54. The van der Waals surface area contributed by atoms with Crippen LogP contribution in [0.5, 0.6) is 0 Å². The molecule has 1 aliphatic heterocycles. The van der Waals surface area contributed by atoms with Gasteiger partial charge in [-0.05, 0) is 64.1 Å². The summed E-state index contributed by atoms with van der Waals surface area (Å²) >= 11 is 8.32. The number of nitrogens with zero attached hydrogens (tertiary/aromatic N) is 1. The molecule has 1 saturated heterocycles. The van der Waals surface area contributed by atoms with Gasteiger partial charge in [-0.3, -0.25) is 4.79 Å². The van der Waals surface area contributed by atoms with Crippen molar-refractivity contribution in [2.24, 2.45) is 5.73 Å². The van der Waals surface area contributed by atoms with E-state index >= 15 is 0 Å². The van der Waals surface area contributed by atoms with Gasteiger partial charge in [0.1, 0.15) is 0 Å². The van der Waals surface area contributed by atoms with E-state index in [0.29, 0.717) is 6.54 Å². The third kappa shape index (κ3) is 2.81. The number of halogens is 2. The molecule has 2 atom stereocenters. The first-order valence-corrected chi connectivity index (χ1v) is 8.42. The Hall–Kier alpha value is 0.0900. The van der Waals surface area contributed by atoms with Crippen LogP contribution in [0.25, 0.3) is 0 Å². The lowest BCUT2D eigenvalue weighted by molar-refractivity contribution is 0.0499. The van der Waals surface area contributed by atoms with Crippen molar-refractivity contribution >= 4 is 49.1 Å². The Morgan fingerprint density at radius 1 is 1.56 bits per heavy atom. The van der Waals surface area contributed by atoms with E-state index < -0.39 is 0 Å². The molecule has 18 heavy (non-hydrogen) atoms. The molecule has 0 aliphatic carbocycles. The van der Waals surface area contributed by atoms with Crippen molar-refractivity contribution in [3.63, 3.8) is 0 Å². The van der Waals surface area contributed by atoms with Gasteiger partial charge < -0.3 is 10.6 Å². The molecule has 1 amide bonds. The molecular formula is C12H16Br2N2OS. The van der Waals surface area contributed by atoms with Crippen molar-refractivity contribution in [3.05, 3.63) is 19.2 Å². The van der Waals surface area contributed by atoms with E-state index in [1.165, 1.54) is 11.3 Å². The normalized spacial score (nSPS) is 24.3. The number of piperidine rings is 1. The van der Waals surface area contributed by atoms with Crippen LogP contribution in [0.1, 0.15) is 35.9 Å². The summed E-state index contributed by atoms with van der Waals surface area (Å²) in [6.07, 6.45) is 3.24. The summed E-state index contributed by atoms with van der Waals surface area (Å²) in [7, 11) is 0. The molecule has 100 valence electrons. The number of rotatable bonds is 2. The maximum atomic E-state index is 12.6. The molecule has 0 radical (unpaired) electrons. The number of amides is 1. The van der Waals surface area contributed by atoms with Crippen LogP contribution < -0.4 is 5.73 Å². The summed E-state index contributed by atoms with van der Waals surface area (Å²) in [4.78, 5) is 15.3. The van der Waals surface area contributed by atoms with Crippen LogP contribution in [0.2, 0.25) is 0 Å². The van der Waals surface area contributed by atoms with Gasteiger partial charge in [-0.2, -0.15) is 0 Å². The zero-order chi connectivity index (χ0) is 13.3. The number of carbonyl (C=O) groups excluding carboxylic acids is 1. The quantitative estimate of drug-likeness (QED) is 0.831. The average Bonchev–Trinajstić information content (AvgIpc) is 2.68. The highest BCUT2D eigenvalue weighted by Crippen LogP contribution is 2.34. The first kappa shape index (κ1) is 14.5. The first-order valence-electron chi connectivity index (χ1n) is 6.02. The van der Waals surface area contributed by atoms with E-state index in [1.807, 2.05) is 11.0 Å². The Bertz CT molecular complexity index is 430. The highest BCUT2D eigenvalue weighted by molar-refractivity contribution is 9.13. The molecule has 0 aromatic carbocycles. The van der Waals surface area contributed by atoms with Crippen LogP contribution in [-0.4, -0.2) is 29.4 Å². The van der Waals surface area contributed by atoms with Gasteiger partial charge in [-0.15, -0.1) is 11.3 Å². The highest BCUT2D eigenvalue weighted by Gasteiger charge is 2.32. The molecule has 0 saturated carbocycles. The molecule has 3 nitrogen and oxygen atoms in total. The summed E-state index contributed by atoms with van der Waals surface area (Å²) < 4.78 is 1.89. The molecule has 2 rings (SSSR count). The van der Waals surface area contributed by atoms with Crippen molar-refractivity contribution in [2.75, 3.05) is 6.54 Å². The Balaban J connectivity index is 2.25. The van der Waals surface area contributed by atoms with Gasteiger partial charge in [-0.25, -0.2) is 0 Å². The van der Waals surface area contributed by atoms with Crippen LogP contribution in [0.4, 0.5) is 0 Å². The minimum Gasteiger partial charge on any atom is -0.331 e. The zero-order valence-electron chi connectivity index (χ0n) is 10.2. The van der Waals surface area contributed by atoms with Crippen LogP contribution in [-0.2, 0) is 0 Å². The fourth-order valence-corrected chi connectivity index (χ4v) is 4.44. The Morgan fingerprint density at radius 2 is 2.28 bits per heavy atom. The minimum atomic E-state index is 0.106. The smallest absolute Gasteiger partial charge is 0.264 e. The van der Waals surface area contributed by atoms with Gasteiger partial charge in [0.05, 0.1) is 8.66 Å². The molecule has 2 unspecified atom stereocenters. The fourth-order valence-electron chi connectivity index (χ4n) is 2.46. The zero-order valence-corrected chi connectivity index (χ0v) is 14.1. The van der Waals surface area contributed by atoms with Gasteiger partial charge in [0.2, 0.25) is 0 Å². The number of hydrogen-bond donors (Lipinski definition) is 1. The number of thiophene rings is 1. The van der Waals surface area contributed by atoms with Gasteiger partial charge in [-0.1, -0.05) is 0 Å². The predicted octanol–water partition coefficient (Wildman–Crippen LogP) is 3.62. The molecule has 1 aromatic heterocycles. The number of hydrogen-bond acceptors (Lipinski definition) is 3. The second-order valence-corrected chi connectivity index (χ2v) is 7.84. The second kappa shape index (κ2) is 6.03. The summed E-state index contributed by atoms with van der Waals surface area (Å²) in [5, 5.41) is 0. The monoisotopic (exact) mass is 394 g/mol. The Labute approximate surface area is 128 Å². The summed E-state index contributed by atoms with van der Waals surface area (Å²) in [5.74, 6) is 0.106. The van der Waals surface area contributed by atoms with Crippen molar-refractivity contribution in [3.8, 4) is 0 Å². The van der Waals surface area contributed by atoms with Crippen LogP contribution in [0.15, 0.2) is 14.3 Å². The van der Waals surface area contributed by atoms with Crippen LogP contribution >= 0.6 is 43.2 Å². The lowest BCUT2D eigenvalue weighted by Gasteiger charge is -2.40. The van der Waals surface area contributed by atoms with Crippen LogP contribution in [0.3, 0.4) is 0 Å². The standard InChI is InChI=1S/C12H16Br2N2OS/c1-7-3-2-4-8(6-15)16(7)12(17)10-5-9(13)11(14)18-10/h5,7-8H,2-4,6,15H2,1H3. The summed E-state index contributed by atoms with van der Waals surface area (Å²) in [6.45, 7) is 2.65. The third-order valence-corrected chi connectivity index (χ3v) is 6.63. The molecular weight excluding hydrogens is 380 g/mol. The van der Waals surface area contributed by atoms with Crippen molar-refractivity contribution in [1.29, 1.82) is 0 Å². The van der Waals surface area contributed by atoms with E-state index in [0.717, 1.165) is 32.4 Å². The molecule has 1 aromatic rings. The van der Waals surface area contributed by atoms with Crippen molar-refractivity contribution < 1.29 is 4.79 Å². The van der Waals surface area contributed by atoms with E-state index in [1.54, 1.807) is 0 Å². The van der Waals surface area contributed by atoms with Crippen molar-refractivity contribution in [2.45, 2.75) is 38.3 Å². The van der Waals surface area contributed by atoms with Crippen LogP contribution in [0, 0.1) is 0 Å². The van der Waals surface area contributed by atoms with Gasteiger partial charge in [0.15, 0.2) is 0 Å². The molecule has 0 spiro atoms. The second-order valence-electron chi connectivity index (χ2n) is 4.61. The maximum Gasteiger partial charge on any atom is 0.264 e. The summed E-state index contributed by atoms with van der Waals surface area (Å²) in [6, 6.07) is 2.34. The largest absolute Gasteiger partial charge is 0.331 e. The third-order valence-electron chi connectivity index (χ3n) is 3.39. The fraction of sp³-hybridized carbons (Fsp3) is 0.583. The molecule has 2 heterocycles. The molecule has 6 heteroatoms. The minimum absolute atomic E-state index is 0.106. The number of nitrogens with two attached hydrogens (primary N) is 1. The number of likely N-dealkylation sites (tertiary alicyclic amines) is 1. The van der Waals surface area contributed by atoms with Crippen molar-refractivity contribution in [1.82, 2.24) is 4.90 Å². The SMILES string of the molecule is CC1CCCC(CN)N1C(=O)c1cc(Br)c(Br)s1. The lowest BCUT2D eigenvalue weighted by atomic mass is 9.96. The summed E-state index contributed by atoms with van der Waals surface area (Å²) in [5.41, 5.74) is 5.80. The maximum absolute atomic E-state index is 12.6. The molecule has 1 fully saturated rings. The topological polar surface area (TPSA) is 46.3 Å². The van der Waals surface area contributed by atoms with Gasteiger partial charge in [0, 0.05) is 23.1 Å². The Morgan fingerprint density at radius 3 is 2.83 bits per heavy atom. The van der Waals surface area contributed by atoms with E-state index in [-0.39, 0.29) is 18.0 Å². The predicted molar refractivity (Wildman–Crippen MR) is 82.0 cm³/mol. The molecule has 0 bridgehead atoms. The van der Waals surface area contributed by atoms with E-state index in [4.69, 9.17) is 5.73 Å². The number of carbonyl (C=O) groups is 1. The molecule has 1 aliphatic rings. The van der Waals surface area contributed by atoms with E-state index in [9.17, 15) is 4.79 Å². The molecule has 2 N–H and O–H groups in total. The average molecular weight is 396 g/mol. The lowest BCUT2D eigenvalue weighted by Crippen LogP contribution is -2.51. The Kier molecular flexibility index (Phi) is 4.86. The highest BCUT2D eigenvalue weighted by atomic mass is 79.9. The van der Waals surface area contributed by atoms with E-state index in [2.05, 4.69) is 38.8 Å². The van der Waals surface area contributed by atoms with Gasteiger partial charge >= 0.3 is 0 Å². The van der Waals surface area contributed by atoms with Gasteiger partial charge in [0.25, 0.3) is 5.91 Å².